The van der Waals surface area contributed by atoms with Crippen LogP contribution in [-0.4, -0.2) is 103 Å². The van der Waals surface area contributed by atoms with E-state index < -0.39 is 15.0 Å². The number of esters is 2. The number of benzene rings is 2. The Bertz CT molecular complexity index is 2810. The molecule has 7 N–H and O–H groups in total. The van der Waals surface area contributed by atoms with Gasteiger partial charge in [0, 0.05) is 12.8 Å². The Morgan fingerprint density at radius 2 is 1.17 bits per heavy atom. The van der Waals surface area contributed by atoms with Crippen LogP contribution in [-0.2, 0) is 32.2 Å². The lowest BCUT2D eigenvalue weighted by atomic mass is 10.1. The monoisotopic (exact) mass is 838 g/mol. The number of methoxy groups -OCH3 is 2. The van der Waals surface area contributed by atoms with Gasteiger partial charge in [0.25, 0.3) is 16.7 Å². The summed E-state index contributed by atoms with van der Waals surface area (Å²) in [6, 6.07) is 21.3. The largest absolute Gasteiger partial charge is 0.465 e. The van der Waals surface area contributed by atoms with Gasteiger partial charge in [-0.25, -0.2) is 18.0 Å². The van der Waals surface area contributed by atoms with E-state index in [4.69, 9.17) is 26.0 Å². The average molecular weight is 839 g/mol. The highest BCUT2D eigenvalue weighted by molar-refractivity contribution is 7.90. The molecule has 8 rings (SSSR count). The Hall–Kier alpha value is -7.79. The minimum atomic E-state index is -3.57. The van der Waals surface area contributed by atoms with Crippen molar-refractivity contribution in [2.45, 2.75) is 18.0 Å². The molecule has 8 aromatic rings. The van der Waals surface area contributed by atoms with Gasteiger partial charge in [-0.05, 0) is 79.0 Å². The molecule has 23 heteroatoms. The maximum atomic E-state index is 11.5. The van der Waals surface area contributed by atoms with E-state index in [1.807, 2.05) is 24.3 Å². The lowest BCUT2D eigenvalue weighted by molar-refractivity contribution is 0.0592. The predicted molar refractivity (Wildman–Crippen MR) is 215 cm³/mol. The van der Waals surface area contributed by atoms with E-state index in [1.165, 1.54) is 25.0 Å². The minimum absolute atomic E-state index is 0.0410. The fourth-order valence-corrected chi connectivity index (χ4v) is 5.70. The summed E-state index contributed by atoms with van der Waals surface area (Å²) in [5.41, 5.74) is 20.3. The van der Waals surface area contributed by atoms with E-state index >= 15 is 0 Å². The minimum Gasteiger partial charge on any atom is -0.465 e. The van der Waals surface area contributed by atoms with Gasteiger partial charge >= 0.3 is 11.9 Å². The van der Waals surface area contributed by atoms with E-state index in [9.17, 15) is 18.0 Å². The van der Waals surface area contributed by atoms with Crippen molar-refractivity contribution in [1.29, 1.82) is 0 Å². The molecule has 0 amide bonds. The number of anilines is 3. The zero-order valence-electron chi connectivity index (χ0n) is 32.3. The molecular weight excluding hydrogens is 801 g/mol. The number of nitrogens with one attached hydrogen (secondary N) is 1. The molecule has 22 nitrogen and oxygen atoms in total. The second-order valence-electron chi connectivity index (χ2n) is 12.4. The standard InChI is InChI=1S/C18H17N7O3.C10H13NO2.C9H8N6O3S/c1-27-15(26)12-6-4-11(5-7-12)8-9-20-17-22-16(19)25-18(23-17)21-14(24-25)13-3-2-10-28-13;1-13-10(12)9-4-2-8(3-5-9)6-7-11;1-19(16,17)9-12-7(10)15-8(13-9)11-6(14-15)5-3-2-4-18-5/h2-7,10H,8-9H2,1H3,(H3,19,20,21,22,23,24);2-5H,6-7,11H2,1H3;2-4H,1H3,(H2,10,11,12,13,14). The Labute approximate surface area is 340 Å². The predicted octanol–water partition coefficient (Wildman–Crippen LogP) is 2.54. The zero-order chi connectivity index (χ0) is 42.8. The Kier molecular flexibility index (Phi) is 13.0. The number of rotatable bonds is 11. The highest BCUT2D eigenvalue weighted by Crippen LogP contribution is 2.19. The summed E-state index contributed by atoms with van der Waals surface area (Å²) in [7, 11) is -0.840. The van der Waals surface area contributed by atoms with Crippen LogP contribution in [0.4, 0.5) is 17.8 Å². The van der Waals surface area contributed by atoms with Crippen LogP contribution in [0.15, 0.2) is 99.3 Å². The summed E-state index contributed by atoms with van der Waals surface area (Å²) >= 11 is 0. The van der Waals surface area contributed by atoms with Crippen molar-refractivity contribution >= 4 is 51.2 Å². The van der Waals surface area contributed by atoms with Gasteiger partial charge in [0.15, 0.2) is 11.5 Å². The smallest absolute Gasteiger partial charge is 0.337 e. The molecule has 0 unspecified atom stereocenters. The normalized spacial score (nSPS) is 11.0. The number of carbonyl (C=O) groups excluding carboxylic acids is 2. The SMILES string of the molecule is COC(=O)c1ccc(CCN)cc1.COC(=O)c1ccc(CCNc2nc(N)n3nc(-c4ccco4)nc3n2)cc1.CS(=O)(=O)c1nc(N)n2nc(-c3ccco3)nc2n1. The van der Waals surface area contributed by atoms with Gasteiger partial charge in [0.1, 0.15) is 0 Å². The van der Waals surface area contributed by atoms with Crippen molar-refractivity contribution in [3.63, 3.8) is 0 Å². The summed E-state index contributed by atoms with van der Waals surface area (Å²) in [5, 5.41) is 11.0. The van der Waals surface area contributed by atoms with Crippen molar-refractivity contribution in [2.75, 3.05) is 50.3 Å². The Morgan fingerprint density at radius 1 is 0.683 bits per heavy atom. The van der Waals surface area contributed by atoms with Gasteiger partial charge in [0.2, 0.25) is 39.3 Å². The van der Waals surface area contributed by atoms with Gasteiger partial charge in [-0.2, -0.15) is 38.9 Å². The molecule has 0 aliphatic carbocycles. The first-order valence-corrected chi connectivity index (χ1v) is 19.6. The summed E-state index contributed by atoms with van der Waals surface area (Å²) < 4.78 is 45.0. The molecule has 0 fully saturated rings. The fraction of sp³-hybridized carbons (Fsp3) is 0.189. The molecule has 2 aromatic carbocycles. The molecule has 6 aromatic heterocycles. The molecule has 0 saturated heterocycles. The van der Waals surface area contributed by atoms with E-state index in [-0.39, 0.29) is 35.4 Å². The number of nitrogens with two attached hydrogens (primary N) is 3. The lowest BCUT2D eigenvalue weighted by Crippen LogP contribution is -2.12. The van der Waals surface area contributed by atoms with E-state index in [2.05, 4.69) is 54.9 Å². The molecule has 0 radical (unpaired) electrons. The van der Waals surface area contributed by atoms with Crippen LogP contribution in [0.25, 0.3) is 34.7 Å². The molecule has 0 aliphatic heterocycles. The van der Waals surface area contributed by atoms with Gasteiger partial charge < -0.3 is 40.8 Å². The number of nitrogens with zero attached hydrogens (tertiary/aromatic N) is 10. The summed E-state index contributed by atoms with van der Waals surface area (Å²) in [6.07, 6.45) is 5.54. The molecule has 0 atom stereocenters. The fourth-order valence-electron chi connectivity index (χ4n) is 5.19. The number of carbonyl (C=O) groups is 2. The van der Waals surface area contributed by atoms with Crippen LogP contribution in [0.1, 0.15) is 31.8 Å². The zero-order valence-corrected chi connectivity index (χ0v) is 33.1. The van der Waals surface area contributed by atoms with E-state index in [1.54, 1.807) is 54.8 Å². The van der Waals surface area contributed by atoms with Crippen molar-refractivity contribution in [2.24, 2.45) is 5.73 Å². The highest BCUT2D eigenvalue weighted by Gasteiger charge is 2.19. The van der Waals surface area contributed by atoms with Gasteiger partial charge in [-0.15, -0.1) is 10.2 Å². The number of sulfone groups is 1. The number of ether oxygens (including phenoxy) is 2. The van der Waals surface area contributed by atoms with Crippen LogP contribution in [0, 0.1) is 0 Å². The van der Waals surface area contributed by atoms with Gasteiger partial charge in [-0.3, -0.25) is 0 Å². The second-order valence-corrected chi connectivity index (χ2v) is 14.3. The number of nitrogen functional groups attached to an aromatic ring is 2. The van der Waals surface area contributed by atoms with Crippen molar-refractivity contribution in [3.8, 4) is 23.2 Å². The molecule has 0 spiro atoms. The first-order valence-electron chi connectivity index (χ1n) is 17.7. The molecular formula is C37H38N14O8S. The summed E-state index contributed by atoms with van der Waals surface area (Å²) in [5.74, 6) is 1.68. The van der Waals surface area contributed by atoms with E-state index in [0.717, 1.165) is 28.3 Å². The first-order chi connectivity index (χ1) is 28.9. The lowest BCUT2D eigenvalue weighted by Gasteiger charge is -2.06. The van der Waals surface area contributed by atoms with Crippen LogP contribution in [0.2, 0.25) is 0 Å². The average Bonchev–Trinajstić information content (AvgIpc) is 4.09. The molecule has 6 heterocycles. The number of hydrogen-bond donors (Lipinski definition) is 4. The van der Waals surface area contributed by atoms with Crippen LogP contribution in [0.5, 0.6) is 0 Å². The number of hydrogen-bond acceptors (Lipinski definition) is 20. The van der Waals surface area contributed by atoms with Gasteiger partial charge in [0.05, 0.1) is 37.9 Å². The summed E-state index contributed by atoms with van der Waals surface area (Å²) in [6.45, 7) is 1.20. The second kappa shape index (κ2) is 18.6. The van der Waals surface area contributed by atoms with Gasteiger partial charge in [-0.1, -0.05) is 24.3 Å². The molecule has 0 bridgehead atoms. The third kappa shape index (κ3) is 10.2. The van der Waals surface area contributed by atoms with Crippen LogP contribution < -0.4 is 22.5 Å². The highest BCUT2D eigenvalue weighted by atomic mass is 32.2. The maximum Gasteiger partial charge on any atom is 0.337 e. The van der Waals surface area contributed by atoms with Crippen molar-refractivity contribution in [1.82, 2.24) is 49.1 Å². The van der Waals surface area contributed by atoms with Crippen molar-refractivity contribution in [3.05, 3.63) is 108 Å². The first kappa shape index (κ1) is 41.8. The maximum absolute atomic E-state index is 11.5. The topological polar surface area (TPSA) is 315 Å². The van der Waals surface area contributed by atoms with Crippen molar-refractivity contribution < 1.29 is 36.3 Å². The molecule has 0 aliphatic rings. The Balaban J connectivity index is 0.000000163. The Morgan fingerprint density at radius 3 is 1.62 bits per heavy atom. The number of aromatic nitrogens is 10. The quantitative estimate of drug-likeness (QED) is 0.136. The number of fused-ring (bicyclic) bond motifs is 2. The third-order valence-electron chi connectivity index (χ3n) is 8.14. The van der Waals surface area contributed by atoms with Crippen LogP contribution >= 0.6 is 0 Å². The van der Waals surface area contributed by atoms with Crippen LogP contribution in [0.3, 0.4) is 0 Å². The molecule has 310 valence electrons. The molecule has 0 saturated carbocycles. The summed E-state index contributed by atoms with van der Waals surface area (Å²) in [4.78, 5) is 46.9. The molecule has 60 heavy (non-hydrogen) atoms. The third-order valence-corrected chi connectivity index (χ3v) is 8.99. The van der Waals surface area contributed by atoms with E-state index in [0.29, 0.717) is 59.7 Å². The number of furan rings is 2.